The van der Waals surface area contributed by atoms with Crippen LogP contribution < -0.4 is 5.73 Å². The highest BCUT2D eigenvalue weighted by Crippen LogP contribution is 2.32. The van der Waals surface area contributed by atoms with Crippen LogP contribution in [0.15, 0.2) is 12.1 Å². The van der Waals surface area contributed by atoms with Crippen LogP contribution in [0.2, 0.25) is 0 Å². The Hall–Kier alpha value is -0.720. The van der Waals surface area contributed by atoms with Gasteiger partial charge in [0.05, 0.1) is 6.04 Å². The van der Waals surface area contributed by atoms with E-state index in [0.717, 1.165) is 19.2 Å². The van der Waals surface area contributed by atoms with E-state index in [9.17, 15) is 13.2 Å². The summed E-state index contributed by atoms with van der Waals surface area (Å²) < 4.78 is 40.3. The highest BCUT2D eigenvalue weighted by molar-refractivity contribution is 8.00. The van der Waals surface area contributed by atoms with Crippen LogP contribution in [0.25, 0.3) is 0 Å². The summed E-state index contributed by atoms with van der Waals surface area (Å²) in [6.07, 6.45) is 0. The lowest BCUT2D eigenvalue weighted by atomic mass is 10.0. The van der Waals surface area contributed by atoms with Crippen LogP contribution in [-0.2, 0) is 0 Å². The van der Waals surface area contributed by atoms with Crippen LogP contribution >= 0.6 is 11.8 Å². The van der Waals surface area contributed by atoms with E-state index < -0.39 is 23.5 Å². The van der Waals surface area contributed by atoms with E-state index in [2.05, 4.69) is 18.7 Å². The van der Waals surface area contributed by atoms with E-state index in [4.69, 9.17) is 5.73 Å². The van der Waals surface area contributed by atoms with E-state index in [1.165, 1.54) is 0 Å². The standard InChI is InChI=1S/C14H19F3N2S/c1-8-6-19(7-9(2)20-8)14(5-18)10-3-12(16)13(17)4-11(10)15/h3-4,8-9,14H,5-7,18H2,1-2H3. The maximum absolute atomic E-state index is 13.9. The Balaban J connectivity index is 2.30. The molecule has 0 radical (unpaired) electrons. The van der Waals surface area contributed by atoms with Crippen molar-refractivity contribution in [3.05, 3.63) is 35.1 Å². The smallest absolute Gasteiger partial charge is 0.161 e. The molecule has 0 spiro atoms. The number of benzene rings is 1. The van der Waals surface area contributed by atoms with Gasteiger partial charge in [-0.1, -0.05) is 13.8 Å². The Bertz CT molecular complexity index is 474. The van der Waals surface area contributed by atoms with Crippen molar-refractivity contribution in [2.75, 3.05) is 19.6 Å². The number of halogens is 3. The van der Waals surface area contributed by atoms with Gasteiger partial charge in [-0.25, -0.2) is 13.2 Å². The van der Waals surface area contributed by atoms with Gasteiger partial charge in [-0.15, -0.1) is 0 Å². The molecule has 1 fully saturated rings. The van der Waals surface area contributed by atoms with Gasteiger partial charge in [0.25, 0.3) is 0 Å². The summed E-state index contributed by atoms with van der Waals surface area (Å²) >= 11 is 1.87. The number of nitrogens with two attached hydrogens (primary N) is 1. The van der Waals surface area contributed by atoms with Gasteiger partial charge >= 0.3 is 0 Å². The fourth-order valence-electron chi connectivity index (χ4n) is 2.74. The maximum atomic E-state index is 13.9. The SMILES string of the molecule is CC1CN(C(CN)c2cc(F)c(F)cc2F)CC(C)S1. The quantitative estimate of drug-likeness (QED) is 0.871. The number of rotatable bonds is 3. The van der Waals surface area contributed by atoms with Crippen LogP contribution in [0.4, 0.5) is 13.2 Å². The van der Waals surface area contributed by atoms with Crippen molar-refractivity contribution in [2.45, 2.75) is 30.4 Å². The molecule has 0 amide bonds. The molecule has 2 rings (SSSR count). The predicted octanol–water partition coefficient (Wildman–Crippen LogP) is 2.93. The molecular weight excluding hydrogens is 285 g/mol. The molecule has 1 saturated heterocycles. The summed E-state index contributed by atoms with van der Waals surface area (Å²) in [5, 5.41) is 0.808. The van der Waals surface area contributed by atoms with E-state index in [0.29, 0.717) is 16.6 Å². The number of nitrogens with zero attached hydrogens (tertiary/aromatic N) is 1. The van der Waals surface area contributed by atoms with Gasteiger partial charge in [0, 0.05) is 41.8 Å². The zero-order valence-corrected chi connectivity index (χ0v) is 12.4. The third-order valence-corrected chi connectivity index (χ3v) is 4.74. The van der Waals surface area contributed by atoms with Crippen molar-refractivity contribution in [2.24, 2.45) is 5.73 Å². The molecule has 1 aromatic carbocycles. The number of hydrogen-bond acceptors (Lipinski definition) is 3. The molecule has 6 heteroatoms. The van der Waals surface area contributed by atoms with Gasteiger partial charge in [0.1, 0.15) is 5.82 Å². The summed E-state index contributed by atoms with van der Waals surface area (Å²) in [4.78, 5) is 2.06. The first-order valence-electron chi connectivity index (χ1n) is 6.66. The second-order valence-electron chi connectivity index (χ2n) is 5.25. The highest BCUT2D eigenvalue weighted by Gasteiger charge is 2.30. The molecule has 1 aliphatic heterocycles. The Kier molecular flexibility index (Phi) is 4.99. The van der Waals surface area contributed by atoms with Crippen LogP contribution in [0.5, 0.6) is 0 Å². The van der Waals surface area contributed by atoms with Gasteiger partial charge < -0.3 is 5.73 Å². The minimum atomic E-state index is -1.17. The normalized spacial score (nSPS) is 25.7. The van der Waals surface area contributed by atoms with E-state index in [1.807, 2.05) is 11.8 Å². The van der Waals surface area contributed by atoms with Crippen molar-refractivity contribution in [1.82, 2.24) is 4.90 Å². The average molecular weight is 304 g/mol. The maximum Gasteiger partial charge on any atom is 0.161 e. The molecular formula is C14H19F3N2S. The van der Waals surface area contributed by atoms with Crippen LogP contribution in [0.3, 0.4) is 0 Å². The van der Waals surface area contributed by atoms with E-state index >= 15 is 0 Å². The second-order valence-corrected chi connectivity index (χ2v) is 7.13. The number of thioether (sulfide) groups is 1. The van der Waals surface area contributed by atoms with Crippen LogP contribution in [0.1, 0.15) is 25.5 Å². The summed E-state index contributed by atoms with van der Waals surface area (Å²) in [6, 6.07) is 1.11. The first-order valence-corrected chi connectivity index (χ1v) is 7.60. The number of hydrogen-bond donors (Lipinski definition) is 1. The minimum Gasteiger partial charge on any atom is -0.329 e. The van der Waals surface area contributed by atoms with E-state index in [1.54, 1.807) is 0 Å². The molecule has 0 aromatic heterocycles. The Morgan fingerprint density at radius 3 is 2.25 bits per heavy atom. The Morgan fingerprint density at radius 2 is 1.70 bits per heavy atom. The molecule has 2 nitrogen and oxygen atoms in total. The molecule has 2 N–H and O–H groups in total. The summed E-state index contributed by atoms with van der Waals surface area (Å²) in [5.74, 6) is -2.94. The summed E-state index contributed by atoms with van der Waals surface area (Å²) in [6.45, 7) is 5.89. The van der Waals surface area contributed by atoms with Crippen molar-refractivity contribution in [3.63, 3.8) is 0 Å². The van der Waals surface area contributed by atoms with Gasteiger partial charge in [-0.05, 0) is 6.07 Å². The summed E-state index contributed by atoms with van der Waals surface area (Å²) in [5.41, 5.74) is 5.89. The predicted molar refractivity (Wildman–Crippen MR) is 76.2 cm³/mol. The molecule has 20 heavy (non-hydrogen) atoms. The lowest BCUT2D eigenvalue weighted by Gasteiger charge is -2.39. The Morgan fingerprint density at radius 1 is 1.15 bits per heavy atom. The lowest BCUT2D eigenvalue weighted by Crippen LogP contribution is -2.45. The topological polar surface area (TPSA) is 29.3 Å². The van der Waals surface area contributed by atoms with Gasteiger partial charge in [-0.2, -0.15) is 11.8 Å². The zero-order valence-electron chi connectivity index (χ0n) is 11.6. The molecule has 0 saturated carbocycles. The largest absolute Gasteiger partial charge is 0.329 e. The van der Waals surface area contributed by atoms with Crippen molar-refractivity contribution >= 4 is 11.8 Å². The van der Waals surface area contributed by atoms with Gasteiger partial charge in [0.2, 0.25) is 0 Å². The molecule has 1 aromatic rings. The molecule has 3 unspecified atom stereocenters. The average Bonchev–Trinajstić information content (AvgIpc) is 2.35. The van der Waals surface area contributed by atoms with Crippen molar-refractivity contribution < 1.29 is 13.2 Å². The molecule has 112 valence electrons. The first-order chi connectivity index (χ1) is 9.42. The fraction of sp³-hybridized carbons (Fsp3) is 0.571. The third kappa shape index (κ3) is 3.30. The fourth-order valence-corrected chi connectivity index (χ4v) is 4.09. The summed E-state index contributed by atoms with van der Waals surface area (Å²) in [7, 11) is 0. The first kappa shape index (κ1) is 15.7. The molecule has 0 aliphatic carbocycles. The van der Waals surface area contributed by atoms with E-state index in [-0.39, 0.29) is 12.1 Å². The molecule has 1 aliphatic rings. The van der Waals surface area contributed by atoms with Gasteiger partial charge in [-0.3, -0.25) is 4.90 Å². The van der Waals surface area contributed by atoms with Crippen LogP contribution in [-0.4, -0.2) is 35.0 Å². The highest BCUT2D eigenvalue weighted by atomic mass is 32.2. The third-order valence-electron chi connectivity index (χ3n) is 3.51. The monoisotopic (exact) mass is 304 g/mol. The van der Waals surface area contributed by atoms with Crippen molar-refractivity contribution in [1.29, 1.82) is 0 Å². The van der Waals surface area contributed by atoms with Crippen LogP contribution in [0, 0.1) is 17.5 Å². The molecule has 1 heterocycles. The lowest BCUT2D eigenvalue weighted by molar-refractivity contribution is 0.195. The zero-order chi connectivity index (χ0) is 14.9. The minimum absolute atomic E-state index is 0.137. The second kappa shape index (κ2) is 6.37. The molecule has 3 atom stereocenters. The molecule has 0 bridgehead atoms. The van der Waals surface area contributed by atoms with Gasteiger partial charge in [0.15, 0.2) is 11.6 Å². The Labute approximate surface area is 121 Å². The van der Waals surface area contributed by atoms with Crippen molar-refractivity contribution in [3.8, 4) is 0 Å².